The summed E-state index contributed by atoms with van der Waals surface area (Å²) in [5.41, 5.74) is 4.94. The van der Waals surface area contributed by atoms with Gasteiger partial charge in [-0.25, -0.2) is 0 Å². The first-order valence-electron chi connectivity index (χ1n) is 10.9. The van der Waals surface area contributed by atoms with E-state index in [9.17, 15) is 9.59 Å². The lowest BCUT2D eigenvalue weighted by atomic mass is 10.1. The summed E-state index contributed by atoms with van der Waals surface area (Å²) in [5, 5.41) is 3.44. The summed E-state index contributed by atoms with van der Waals surface area (Å²) in [6.45, 7) is 0.429. The molecule has 0 bridgehead atoms. The van der Waals surface area contributed by atoms with Crippen LogP contribution in [0.15, 0.2) is 102 Å². The number of hydrazine groups is 1. The zero-order chi connectivity index (χ0) is 24.2. The van der Waals surface area contributed by atoms with Crippen LogP contribution in [0.1, 0.15) is 21.5 Å². The van der Waals surface area contributed by atoms with E-state index >= 15 is 0 Å². The van der Waals surface area contributed by atoms with E-state index in [-0.39, 0.29) is 10.2 Å². The highest BCUT2D eigenvalue weighted by molar-refractivity contribution is 8.26. The highest BCUT2D eigenvalue weighted by Crippen LogP contribution is 2.32. The predicted octanol–water partition coefficient (Wildman–Crippen LogP) is 5.97. The molecule has 172 valence electrons. The average Bonchev–Trinajstić information content (AvgIpc) is 3.15. The fourth-order valence-electron chi connectivity index (χ4n) is 3.74. The summed E-state index contributed by atoms with van der Waals surface area (Å²) >= 11 is 6.47. The topological polar surface area (TPSA) is 58.6 Å². The maximum atomic E-state index is 12.9. The molecule has 1 aliphatic rings. The minimum atomic E-state index is -0.396. The molecule has 4 aromatic carbocycles. The standard InChI is InChI=1S/C28H20N2O3S2/c31-26(21-10-2-1-3-11-21)29-30-27(32)25(35-28(30)34)17-19-8-6-14-23(16-19)33-18-22-13-7-12-20-9-4-5-15-24(20)22/h1-17H,18H2,(H,29,31)/b25-17+. The van der Waals surface area contributed by atoms with Crippen molar-refractivity contribution in [3.63, 3.8) is 0 Å². The third-order valence-electron chi connectivity index (χ3n) is 5.47. The second-order valence-corrected chi connectivity index (χ2v) is 9.50. The number of hydrogen-bond acceptors (Lipinski definition) is 5. The summed E-state index contributed by atoms with van der Waals surface area (Å²) in [6, 6.07) is 30.6. The Morgan fingerprint density at radius 3 is 2.54 bits per heavy atom. The molecule has 0 radical (unpaired) electrons. The molecule has 1 heterocycles. The van der Waals surface area contributed by atoms with Crippen LogP contribution in [0.2, 0.25) is 0 Å². The maximum absolute atomic E-state index is 12.9. The minimum absolute atomic E-state index is 0.272. The van der Waals surface area contributed by atoms with Gasteiger partial charge in [0.15, 0.2) is 4.32 Å². The molecule has 1 aliphatic heterocycles. The average molecular weight is 497 g/mol. The Hall–Kier alpha value is -3.94. The Morgan fingerprint density at radius 1 is 0.943 bits per heavy atom. The van der Waals surface area contributed by atoms with Gasteiger partial charge in [0, 0.05) is 5.56 Å². The number of carbonyl (C=O) groups excluding carboxylic acids is 2. The predicted molar refractivity (Wildman–Crippen MR) is 144 cm³/mol. The number of fused-ring (bicyclic) bond motifs is 1. The third-order valence-corrected chi connectivity index (χ3v) is 6.78. The van der Waals surface area contributed by atoms with E-state index in [1.54, 1.807) is 30.3 Å². The summed E-state index contributed by atoms with van der Waals surface area (Å²) in [6.07, 6.45) is 1.75. The van der Waals surface area contributed by atoms with Gasteiger partial charge < -0.3 is 4.74 Å². The molecule has 0 aromatic heterocycles. The minimum Gasteiger partial charge on any atom is -0.489 e. The van der Waals surface area contributed by atoms with Crippen LogP contribution in [0.4, 0.5) is 0 Å². The van der Waals surface area contributed by atoms with Crippen LogP contribution in [-0.4, -0.2) is 21.1 Å². The molecule has 1 N–H and O–H groups in total. The van der Waals surface area contributed by atoms with Crippen LogP contribution in [0.25, 0.3) is 16.8 Å². The smallest absolute Gasteiger partial charge is 0.285 e. The van der Waals surface area contributed by atoms with Gasteiger partial charge in [-0.3, -0.25) is 15.0 Å². The first-order chi connectivity index (χ1) is 17.1. The van der Waals surface area contributed by atoms with Crippen LogP contribution in [0.3, 0.4) is 0 Å². The molecule has 5 rings (SSSR count). The summed E-state index contributed by atoms with van der Waals surface area (Å²) in [5.74, 6) is -0.0714. The number of amides is 2. The van der Waals surface area contributed by atoms with Crippen LogP contribution < -0.4 is 10.2 Å². The van der Waals surface area contributed by atoms with Crippen molar-refractivity contribution in [3.8, 4) is 5.75 Å². The van der Waals surface area contributed by atoms with Crippen molar-refractivity contribution in [2.75, 3.05) is 0 Å². The van der Waals surface area contributed by atoms with Gasteiger partial charge in [0.05, 0.1) is 4.91 Å². The highest BCUT2D eigenvalue weighted by Gasteiger charge is 2.33. The Bertz CT molecular complexity index is 1460. The van der Waals surface area contributed by atoms with E-state index in [1.165, 1.54) is 5.39 Å². The molecule has 1 fully saturated rings. The molecular weight excluding hydrogens is 476 g/mol. The first kappa shape index (κ1) is 22.8. The van der Waals surface area contributed by atoms with Crippen LogP contribution in [-0.2, 0) is 11.4 Å². The van der Waals surface area contributed by atoms with E-state index < -0.39 is 5.91 Å². The summed E-state index contributed by atoms with van der Waals surface area (Å²) < 4.78 is 6.33. The molecular formula is C28H20N2O3S2. The number of thioether (sulfide) groups is 1. The van der Waals surface area contributed by atoms with Crippen LogP contribution in [0.5, 0.6) is 5.75 Å². The molecule has 0 saturated carbocycles. The van der Waals surface area contributed by atoms with Gasteiger partial charge in [0.1, 0.15) is 12.4 Å². The molecule has 0 atom stereocenters. The number of nitrogens with zero attached hydrogens (tertiary/aromatic N) is 1. The number of benzene rings is 4. The SMILES string of the molecule is O=C(NN1C(=O)/C(=C\c2cccc(OCc3cccc4ccccc34)c2)SC1=S)c1ccccc1. The van der Waals surface area contributed by atoms with Gasteiger partial charge in [-0.2, -0.15) is 5.01 Å². The first-order valence-corrected chi connectivity index (χ1v) is 12.1. The molecule has 4 aromatic rings. The quantitative estimate of drug-likeness (QED) is 0.263. The van der Waals surface area contributed by atoms with Crippen molar-refractivity contribution in [1.82, 2.24) is 10.4 Å². The van der Waals surface area contributed by atoms with Gasteiger partial charge >= 0.3 is 0 Å². The van der Waals surface area contributed by atoms with E-state index in [0.717, 1.165) is 33.3 Å². The zero-order valence-electron chi connectivity index (χ0n) is 18.5. The van der Waals surface area contributed by atoms with Crippen molar-refractivity contribution in [2.24, 2.45) is 0 Å². The Kier molecular flexibility index (Phi) is 6.61. The number of hydrogen-bond donors (Lipinski definition) is 1. The van der Waals surface area contributed by atoms with Crippen molar-refractivity contribution in [3.05, 3.63) is 119 Å². The van der Waals surface area contributed by atoms with Crippen molar-refractivity contribution >= 4 is 57.0 Å². The largest absolute Gasteiger partial charge is 0.489 e. The third kappa shape index (κ3) is 5.11. The van der Waals surface area contributed by atoms with Crippen LogP contribution >= 0.6 is 24.0 Å². The molecule has 2 amide bonds. The van der Waals surface area contributed by atoms with Crippen molar-refractivity contribution in [2.45, 2.75) is 6.61 Å². The highest BCUT2D eigenvalue weighted by atomic mass is 32.2. The van der Waals surface area contributed by atoms with Crippen LogP contribution in [0, 0.1) is 0 Å². The molecule has 7 heteroatoms. The van der Waals surface area contributed by atoms with Gasteiger partial charge in [0.25, 0.3) is 11.8 Å². The zero-order valence-corrected chi connectivity index (χ0v) is 20.1. The second kappa shape index (κ2) is 10.1. The molecule has 5 nitrogen and oxygen atoms in total. The Balaban J connectivity index is 1.29. The van der Waals surface area contributed by atoms with E-state index in [1.807, 2.05) is 48.5 Å². The number of carbonyl (C=O) groups is 2. The van der Waals surface area contributed by atoms with Crippen molar-refractivity contribution < 1.29 is 14.3 Å². The Labute approximate surface area is 212 Å². The van der Waals surface area contributed by atoms with E-state index in [2.05, 4.69) is 29.7 Å². The molecule has 0 spiro atoms. The number of ether oxygens (including phenoxy) is 1. The van der Waals surface area contributed by atoms with E-state index in [0.29, 0.717) is 22.8 Å². The fourth-order valence-corrected chi connectivity index (χ4v) is 4.92. The number of rotatable bonds is 6. The van der Waals surface area contributed by atoms with Gasteiger partial charge in [-0.1, -0.05) is 84.6 Å². The second-order valence-electron chi connectivity index (χ2n) is 7.82. The van der Waals surface area contributed by atoms with Gasteiger partial charge in [-0.05, 0) is 64.5 Å². The van der Waals surface area contributed by atoms with Crippen molar-refractivity contribution in [1.29, 1.82) is 0 Å². The monoisotopic (exact) mass is 496 g/mol. The fraction of sp³-hybridized carbons (Fsp3) is 0.0357. The van der Waals surface area contributed by atoms with Gasteiger partial charge in [0.2, 0.25) is 0 Å². The van der Waals surface area contributed by atoms with Gasteiger partial charge in [-0.15, -0.1) is 0 Å². The lowest BCUT2D eigenvalue weighted by Crippen LogP contribution is -2.44. The number of thiocarbonyl (C=S) groups is 1. The summed E-state index contributed by atoms with van der Waals surface area (Å²) in [7, 11) is 0. The molecule has 0 aliphatic carbocycles. The molecule has 35 heavy (non-hydrogen) atoms. The number of nitrogens with one attached hydrogen (secondary N) is 1. The normalized spacial score (nSPS) is 14.5. The molecule has 1 saturated heterocycles. The lowest BCUT2D eigenvalue weighted by molar-refractivity contribution is -0.123. The Morgan fingerprint density at radius 2 is 1.69 bits per heavy atom. The maximum Gasteiger partial charge on any atom is 0.285 e. The lowest BCUT2D eigenvalue weighted by Gasteiger charge is -2.15. The molecule has 0 unspecified atom stereocenters. The van der Waals surface area contributed by atoms with E-state index in [4.69, 9.17) is 17.0 Å². The summed E-state index contributed by atoms with van der Waals surface area (Å²) in [4.78, 5) is 25.8.